The summed E-state index contributed by atoms with van der Waals surface area (Å²) < 4.78 is 26.6. The van der Waals surface area contributed by atoms with Crippen LogP contribution in [0.1, 0.15) is 37.7 Å². The van der Waals surface area contributed by atoms with Gasteiger partial charge in [-0.05, 0) is 24.5 Å². The van der Waals surface area contributed by atoms with Gasteiger partial charge in [0.05, 0.1) is 0 Å². The Balaban J connectivity index is 2.16. The molecule has 1 aromatic carbocycles. The van der Waals surface area contributed by atoms with Crippen LogP contribution in [-0.4, -0.2) is 25.0 Å². The Bertz CT molecular complexity index is 616. The molecule has 1 aliphatic carbocycles. The van der Waals surface area contributed by atoms with Gasteiger partial charge in [0.1, 0.15) is 5.54 Å². The third-order valence-electron chi connectivity index (χ3n) is 3.69. The second kappa shape index (κ2) is 6.41. The third kappa shape index (κ3) is 4.15. The fourth-order valence-electron chi connectivity index (χ4n) is 2.55. The lowest BCUT2D eigenvalue weighted by Gasteiger charge is -2.33. The lowest BCUT2D eigenvalue weighted by molar-refractivity contribution is -0.145. The Kier molecular flexibility index (Phi) is 4.80. The van der Waals surface area contributed by atoms with E-state index in [9.17, 15) is 18.3 Å². The summed E-state index contributed by atoms with van der Waals surface area (Å²) in [4.78, 5) is 11.5. The first-order valence-corrected chi connectivity index (χ1v) is 8.49. The number of rotatable bonds is 5. The zero-order valence-corrected chi connectivity index (χ0v) is 12.5. The van der Waals surface area contributed by atoms with E-state index in [-0.39, 0.29) is 0 Å². The van der Waals surface area contributed by atoms with Gasteiger partial charge in [-0.15, -0.1) is 0 Å². The highest BCUT2D eigenvalue weighted by Gasteiger charge is 2.42. The predicted molar refractivity (Wildman–Crippen MR) is 81.0 cm³/mol. The van der Waals surface area contributed by atoms with E-state index in [2.05, 4.69) is 4.72 Å². The molecule has 0 aromatic heterocycles. The van der Waals surface area contributed by atoms with Gasteiger partial charge in [0.15, 0.2) is 0 Å². The number of carbonyl (C=O) groups is 1. The fraction of sp³-hybridized carbons (Fsp3) is 0.400. The van der Waals surface area contributed by atoms with Crippen molar-refractivity contribution in [3.05, 3.63) is 41.3 Å². The Morgan fingerprint density at radius 1 is 1.14 bits per heavy atom. The van der Waals surface area contributed by atoms with Crippen LogP contribution in [0.5, 0.6) is 0 Å². The molecule has 1 aromatic rings. The van der Waals surface area contributed by atoms with Crippen LogP contribution >= 0.6 is 0 Å². The SMILES string of the molecule is O=C(O)C1(NS(=O)(=O)/C=C/c2ccccc2)CCCCC1. The van der Waals surface area contributed by atoms with Crippen molar-refractivity contribution < 1.29 is 18.3 Å². The first kappa shape index (κ1) is 15.7. The molecular formula is C15H19NO4S. The van der Waals surface area contributed by atoms with Crippen molar-refractivity contribution in [1.82, 2.24) is 4.72 Å². The predicted octanol–water partition coefficient (Wildman–Crippen LogP) is 2.36. The van der Waals surface area contributed by atoms with E-state index in [4.69, 9.17) is 0 Å². The van der Waals surface area contributed by atoms with Gasteiger partial charge >= 0.3 is 5.97 Å². The summed E-state index contributed by atoms with van der Waals surface area (Å²) in [6.45, 7) is 0. The Morgan fingerprint density at radius 2 is 1.76 bits per heavy atom. The normalized spacial score (nSPS) is 18.7. The molecule has 0 bridgehead atoms. The number of carboxylic acid groups (broad SMARTS) is 1. The molecule has 0 aliphatic heterocycles. The van der Waals surface area contributed by atoms with E-state index in [1.54, 1.807) is 24.3 Å². The van der Waals surface area contributed by atoms with Crippen LogP contribution in [-0.2, 0) is 14.8 Å². The zero-order chi connectivity index (χ0) is 15.3. The largest absolute Gasteiger partial charge is 0.480 e. The second-order valence-corrected chi connectivity index (χ2v) is 6.87. The number of benzene rings is 1. The molecule has 0 unspecified atom stereocenters. The van der Waals surface area contributed by atoms with Crippen molar-refractivity contribution in [2.75, 3.05) is 0 Å². The van der Waals surface area contributed by atoms with Crippen molar-refractivity contribution in [2.45, 2.75) is 37.6 Å². The smallest absolute Gasteiger partial charge is 0.324 e. The minimum Gasteiger partial charge on any atom is -0.480 e. The van der Waals surface area contributed by atoms with E-state index in [0.29, 0.717) is 12.8 Å². The highest BCUT2D eigenvalue weighted by Crippen LogP contribution is 2.29. The molecule has 0 amide bonds. The standard InChI is InChI=1S/C15H19NO4S/c17-14(18)15(10-5-2-6-11-15)16-21(19,20)12-9-13-7-3-1-4-8-13/h1,3-4,7-9,12,16H,2,5-6,10-11H2,(H,17,18)/b12-9+. The maximum absolute atomic E-state index is 12.1. The van der Waals surface area contributed by atoms with E-state index in [1.807, 2.05) is 6.07 Å². The molecule has 2 rings (SSSR count). The first-order valence-electron chi connectivity index (χ1n) is 6.94. The van der Waals surface area contributed by atoms with E-state index >= 15 is 0 Å². The number of sulfonamides is 1. The van der Waals surface area contributed by atoms with Gasteiger partial charge in [-0.3, -0.25) is 4.79 Å². The molecule has 1 aliphatic rings. The van der Waals surface area contributed by atoms with Crippen LogP contribution in [0.3, 0.4) is 0 Å². The molecule has 114 valence electrons. The fourth-order valence-corrected chi connectivity index (χ4v) is 3.79. The van der Waals surface area contributed by atoms with Crippen molar-refractivity contribution in [1.29, 1.82) is 0 Å². The highest BCUT2D eigenvalue weighted by atomic mass is 32.2. The Morgan fingerprint density at radius 3 is 2.33 bits per heavy atom. The molecule has 0 spiro atoms. The van der Waals surface area contributed by atoms with Crippen molar-refractivity contribution in [3.63, 3.8) is 0 Å². The van der Waals surface area contributed by atoms with Gasteiger partial charge in [-0.1, -0.05) is 49.6 Å². The number of hydrogen-bond donors (Lipinski definition) is 2. The topological polar surface area (TPSA) is 83.5 Å². The molecule has 0 radical (unpaired) electrons. The number of carboxylic acids is 1. The van der Waals surface area contributed by atoms with Crippen molar-refractivity contribution in [3.8, 4) is 0 Å². The van der Waals surface area contributed by atoms with Crippen LogP contribution in [0.2, 0.25) is 0 Å². The second-order valence-electron chi connectivity index (χ2n) is 5.31. The van der Waals surface area contributed by atoms with Crippen LogP contribution < -0.4 is 4.72 Å². The molecule has 5 nitrogen and oxygen atoms in total. The lowest BCUT2D eigenvalue weighted by Crippen LogP contribution is -2.54. The van der Waals surface area contributed by atoms with E-state index in [1.165, 1.54) is 6.08 Å². The van der Waals surface area contributed by atoms with Gasteiger partial charge in [-0.25, -0.2) is 8.42 Å². The van der Waals surface area contributed by atoms with Gasteiger partial charge in [0.25, 0.3) is 0 Å². The summed E-state index contributed by atoms with van der Waals surface area (Å²) in [6.07, 6.45) is 4.51. The molecule has 6 heteroatoms. The van der Waals surface area contributed by atoms with Gasteiger partial charge < -0.3 is 5.11 Å². The van der Waals surface area contributed by atoms with E-state index < -0.39 is 21.5 Å². The van der Waals surface area contributed by atoms with E-state index in [0.717, 1.165) is 30.2 Å². The Hall–Kier alpha value is -1.66. The quantitative estimate of drug-likeness (QED) is 0.874. The molecule has 21 heavy (non-hydrogen) atoms. The molecule has 2 N–H and O–H groups in total. The first-order chi connectivity index (χ1) is 9.94. The summed E-state index contributed by atoms with van der Waals surface area (Å²) in [7, 11) is -3.79. The average molecular weight is 309 g/mol. The molecule has 0 heterocycles. The summed E-state index contributed by atoms with van der Waals surface area (Å²) in [6, 6.07) is 9.00. The molecule has 0 atom stereocenters. The van der Waals surface area contributed by atoms with Crippen LogP contribution in [0.4, 0.5) is 0 Å². The number of nitrogens with one attached hydrogen (secondary N) is 1. The molecule has 1 saturated carbocycles. The van der Waals surface area contributed by atoms with Crippen molar-refractivity contribution in [2.24, 2.45) is 0 Å². The van der Waals surface area contributed by atoms with Gasteiger partial charge in [-0.2, -0.15) is 4.72 Å². The highest BCUT2D eigenvalue weighted by molar-refractivity contribution is 7.92. The van der Waals surface area contributed by atoms with Crippen LogP contribution in [0.25, 0.3) is 6.08 Å². The average Bonchev–Trinajstić information content (AvgIpc) is 2.47. The summed E-state index contributed by atoms with van der Waals surface area (Å²) in [5, 5.41) is 10.4. The molecule has 0 saturated heterocycles. The lowest BCUT2D eigenvalue weighted by atomic mass is 9.83. The minimum absolute atomic E-state index is 0.334. The third-order valence-corrected chi connectivity index (χ3v) is 4.86. The maximum Gasteiger partial charge on any atom is 0.324 e. The monoisotopic (exact) mass is 309 g/mol. The maximum atomic E-state index is 12.1. The van der Waals surface area contributed by atoms with Crippen LogP contribution in [0.15, 0.2) is 35.7 Å². The summed E-state index contributed by atoms with van der Waals surface area (Å²) >= 11 is 0. The number of aliphatic carboxylic acids is 1. The zero-order valence-electron chi connectivity index (χ0n) is 11.7. The molecular weight excluding hydrogens is 290 g/mol. The van der Waals surface area contributed by atoms with Gasteiger partial charge in [0, 0.05) is 5.41 Å². The molecule has 1 fully saturated rings. The minimum atomic E-state index is -3.79. The van der Waals surface area contributed by atoms with Gasteiger partial charge in [0.2, 0.25) is 10.0 Å². The van der Waals surface area contributed by atoms with Crippen molar-refractivity contribution >= 4 is 22.1 Å². The summed E-state index contributed by atoms with van der Waals surface area (Å²) in [5.41, 5.74) is -0.617. The summed E-state index contributed by atoms with van der Waals surface area (Å²) in [5.74, 6) is -1.10. The van der Waals surface area contributed by atoms with Crippen LogP contribution in [0, 0.1) is 0 Å². The number of hydrogen-bond acceptors (Lipinski definition) is 3. The Labute approximate surface area is 124 Å².